The van der Waals surface area contributed by atoms with E-state index in [9.17, 15) is 4.79 Å². The van der Waals surface area contributed by atoms with Crippen LogP contribution in [0.25, 0.3) is 0 Å². The molecule has 20 heavy (non-hydrogen) atoms. The van der Waals surface area contributed by atoms with Gasteiger partial charge < -0.3 is 10.6 Å². The van der Waals surface area contributed by atoms with E-state index < -0.39 is 0 Å². The third-order valence-electron chi connectivity index (χ3n) is 4.66. The summed E-state index contributed by atoms with van der Waals surface area (Å²) in [6, 6.07) is 8.90. The first-order valence-corrected chi connectivity index (χ1v) is 7.85. The number of likely N-dealkylation sites (N-methyl/N-ethyl adjacent to an activating group) is 1. The van der Waals surface area contributed by atoms with Crippen LogP contribution in [0, 0.1) is 0 Å². The summed E-state index contributed by atoms with van der Waals surface area (Å²) in [6.45, 7) is 2.78. The van der Waals surface area contributed by atoms with Crippen molar-refractivity contribution in [3.05, 3.63) is 35.4 Å². The molecule has 0 aromatic heterocycles. The zero-order valence-corrected chi connectivity index (χ0v) is 12.2. The van der Waals surface area contributed by atoms with Gasteiger partial charge in [0.25, 0.3) is 0 Å². The van der Waals surface area contributed by atoms with Crippen molar-refractivity contribution in [2.45, 2.75) is 57.0 Å². The number of likely N-dealkylation sites (tertiary alicyclic amines) is 1. The molecule has 108 valence electrons. The van der Waals surface area contributed by atoms with Crippen molar-refractivity contribution in [1.29, 1.82) is 0 Å². The van der Waals surface area contributed by atoms with E-state index in [0.717, 1.165) is 25.3 Å². The first-order valence-electron chi connectivity index (χ1n) is 7.85. The molecule has 1 saturated heterocycles. The van der Waals surface area contributed by atoms with Gasteiger partial charge in [0, 0.05) is 19.0 Å². The molecule has 1 aromatic rings. The number of amides is 1. The van der Waals surface area contributed by atoms with E-state index in [1.165, 1.54) is 24.0 Å². The van der Waals surface area contributed by atoms with Gasteiger partial charge in [0.2, 0.25) is 5.91 Å². The summed E-state index contributed by atoms with van der Waals surface area (Å²) < 4.78 is 0. The van der Waals surface area contributed by atoms with Gasteiger partial charge in [0.1, 0.15) is 0 Å². The number of rotatable bonds is 3. The molecule has 1 aliphatic carbocycles. The quantitative estimate of drug-likeness (QED) is 0.919. The average Bonchev–Trinajstić information content (AvgIpc) is 3.28. The highest BCUT2D eigenvalue weighted by molar-refractivity contribution is 5.77. The fourth-order valence-corrected chi connectivity index (χ4v) is 3.36. The molecule has 3 rings (SSSR count). The lowest BCUT2D eigenvalue weighted by atomic mass is 9.95. The fourth-order valence-electron chi connectivity index (χ4n) is 3.36. The SMILES string of the molecule is CCN1C(=O)CCCC(N)C1c1ccc(C2CC2)cc1. The minimum absolute atomic E-state index is 0.0447. The van der Waals surface area contributed by atoms with Gasteiger partial charge in [-0.25, -0.2) is 0 Å². The number of hydrogen-bond donors (Lipinski definition) is 1. The molecule has 0 bridgehead atoms. The van der Waals surface area contributed by atoms with E-state index in [1.54, 1.807) is 0 Å². The number of nitrogens with two attached hydrogens (primary N) is 1. The molecule has 2 atom stereocenters. The molecule has 0 spiro atoms. The zero-order valence-electron chi connectivity index (χ0n) is 12.2. The average molecular weight is 272 g/mol. The Morgan fingerprint density at radius 1 is 1.15 bits per heavy atom. The molecule has 1 aliphatic heterocycles. The highest BCUT2D eigenvalue weighted by Gasteiger charge is 2.32. The number of benzene rings is 1. The molecule has 2 unspecified atom stereocenters. The van der Waals surface area contributed by atoms with E-state index >= 15 is 0 Å². The lowest BCUT2D eigenvalue weighted by molar-refractivity contribution is -0.133. The summed E-state index contributed by atoms with van der Waals surface area (Å²) in [6.07, 6.45) is 5.12. The molecule has 3 heteroatoms. The van der Waals surface area contributed by atoms with Gasteiger partial charge in [0.05, 0.1) is 6.04 Å². The van der Waals surface area contributed by atoms with Crippen LogP contribution in [0.15, 0.2) is 24.3 Å². The summed E-state index contributed by atoms with van der Waals surface area (Å²) >= 11 is 0. The van der Waals surface area contributed by atoms with Crippen LogP contribution in [0.4, 0.5) is 0 Å². The molecule has 2 fully saturated rings. The minimum Gasteiger partial charge on any atom is -0.334 e. The Hall–Kier alpha value is -1.35. The number of hydrogen-bond acceptors (Lipinski definition) is 2. The second-order valence-corrected chi connectivity index (χ2v) is 6.12. The smallest absolute Gasteiger partial charge is 0.223 e. The molecule has 2 N–H and O–H groups in total. The van der Waals surface area contributed by atoms with Crippen LogP contribution in [0.1, 0.15) is 62.1 Å². The van der Waals surface area contributed by atoms with Crippen molar-refractivity contribution >= 4 is 5.91 Å². The molecular formula is C17H24N2O. The molecule has 1 saturated carbocycles. The first-order chi connectivity index (χ1) is 9.70. The summed E-state index contributed by atoms with van der Waals surface area (Å²) in [7, 11) is 0. The molecule has 2 aliphatic rings. The van der Waals surface area contributed by atoms with Crippen LogP contribution in [-0.4, -0.2) is 23.4 Å². The van der Waals surface area contributed by atoms with Crippen molar-refractivity contribution in [3.8, 4) is 0 Å². The Balaban J connectivity index is 1.88. The fraction of sp³-hybridized carbons (Fsp3) is 0.588. The number of carbonyl (C=O) groups is 1. The topological polar surface area (TPSA) is 46.3 Å². The molecule has 1 heterocycles. The third kappa shape index (κ3) is 2.59. The maximum absolute atomic E-state index is 12.2. The molecule has 0 radical (unpaired) electrons. The standard InChI is InChI=1S/C17H24N2O/c1-2-19-16(20)5-3-4-15(18)17(19)14-10-8-13(9-11-14)12-6-7-12/h8-12,15,17H,2-7,18H2,1H3. The Labute approximate surface area is 121 Å². The largest absolute Gasteiger partial charge is 0.334 e. The van der Waals surface area contributed by atoms with E-state index in [0.29, 0.717) is 6.42 Å². The Bertz CT molecular complexity index is 478. The van der Waals surface area contributed by atoms with Crippen LogP contribution >= 0.6 is 0 Å². The lowest BCUT2D eigenvalue weighted by Crippen LogP contribution is -2.42. The Kier molecular flexibility index (Phi) is 3.79. The van der Waals surface area contributed by atoms with Gasteiger partial charge in [-0.15, -0.1) is 0 Å². The second kappa shape index (κ2) is 5.57. The van der Waals surface area contributed by atoms with Crippen LogP contribution in [0.5, 0.6) is 0 Å². The maximum atomic E-state index is 12.2. The van der Waals surface area contributed by atoms with E-state index in [2.05, 4.69) is 24.3 Å². The van der Waals surface area contributed by atoms with Gasteiger partial charge in [-0.1, -0.05) is 24.3 Å². The van der Waals surface area contributed by atoms with E-state index in [1.807, 2.05) is 11.8 Å². The third-order valence-corrected chi connectivity index (χ3v) is 4.66. The van der Waals surface area contributed by atoms with Crippen molar-refractivity contribution in [2.75, 3.05) is 6.54 Å². The summed E-state index contributed by atoms with van der Waals surface area (Å²) in [4.78, 5) is 14.2. The van der Waals surface area contributed by atoms with Crippen LogP contribution in [0.3, 0.4) is 0 Å². The van der Waals surface area contributed by atoms with Crippen LogP contribution in [-0.2, 0) is 4.79 Å². The van der Waals surface area contributed by atoms with E-state index in [-0.39, 0.29) is 18.0 Å². The summed E-state index contributed by atoms with van der Waals surface area (Å²) in [5.74, 6) is 1.02. The molecule has 1 aromatic carbocycles. The van der Waals surface area contributed by atoms with Gasteiger partial charge in [-0.3, -0.25) is 4.79 Å². The molecule has 1 amide bonds. The highest BCUT2D eigenvalue weighted by atomic mass is 16.2. The van der Waals surface area contributed by atoms with Crippen molar-refractivity contribution < 1.29 is 4.79 Å². The van der Waals surface area contributed by atoms with Crippen molar-refractivity contribution in [2.24, 2.45) is 5.73 Å². The predicted molar refractivity (Wildman–Crippen MR) is 80.4 cm³/mol. The van der Waals surface area contributed by atoms with Gasteiger partial charge in [0.15, 0.2) is 0 Å². The molecular weight excluding hydrogens is 248 g/mol. The molecule has 3 nitrogen and oxygen atoms in total. The summed E-state index contributed by atoms with van der Waals surface area (Å²) in [5, 5.41) is 0. The predicted octanol–water partition coefficient (Wildman–Crippen LogP) is 2.96. The lowest BCUT2D eigenvalue weighted by Gasteiger charge is -2.33. The van der Waals surface area contributed by atoms with Gasteiger partial charge >= 0.3 is 0 Å². The number of carbonyl (C=O) groups excluding carboxylic acids is 1. The van der Waals surface area contributed by atoms with Crippen LogP contribution in [0.2, 0.25) is 0 Å². The van der Waals surface area contributed by atoms with Crippen molar-refractivity contribution in [3.63, 3.8) is 0 Å². The number of nitrogens with zero attached hydrogens (tertiary/aromatic N) is 1. The zero-order chi connectivity index (χ0) is 14.1. The second-order valence-electron chi connectivity index (χ2n) is 6.12. The van der Waals surface area contributed by atoms with Crippen molar-refractivity contribution in [1.82, 2.24) is 4.90 Å². The normalized spacial score (nSPS) is 27.5. The Morgan fingerprint density at radius 3 is 2.40 bits per heavy atom. The maximum Gasteiger partial charge on any atom is 0.223 e. The summed E-state index contributed by atoms with van der Waals surface area (Å²) in [5.41, 5.74) is 8.98. The first kappa shape index (κ1) is 13.6. The minimum atomic E-state index is 0.0447. The van der Waals surface area contributed by atoms with E-state index in [4.69, 9.17) is 5.73 Å². The van der Waals surface area contributed by atoms with Gasteiger partial charge in [-0.2, -0.15) is 0 Å². The van der Waals surface area contributed by atoms with Crippen LogP contribution < -0.4 is 5.73 Å². The highest BCUT2D eigenvalue weighted by Crippen LogP contribution is 2.40. The Morgan fingerprint density at radius 2 is 1.80 bits per heavy atom. The monoisotopic (exact) mass is 272 g/mol. The van der Waals surface area contributed by atoms with Gasteiger partial charge in [-0.05, 0) is 49.7 Å².